The van der Waals surface area contributed by atoms with Gasteiger partial charge in [-0.05, 0) is 63.6 Å². The van der Waals surface area contributed by atoms with Crippen LogP contribution in [0.3, 0.4) is 0 Å². The smallest absolute Gasteiger partial charge is 0.475 e. The van der Waals surface area contributed by atoms with Crippen LogP contribution in [0.1, 0.15) is 48.9 Å². The van der Waals surface area contributed by atoms with Gasteiger partial charge in [-0.25, -0.2) is 9.59 Å². The second kappa shape index (κ2) is 13.4. The lowest BCUT2D eigenvalue weighted by atomic mass is 9.85. The molecule has 1 aliphatic carbocycles. The minimum atomic E-state index is -5.08. The average molecular weight is 572 g/mol. The Balaban J connectivity index is 0.000000317. The number of carboxylic acids is 2. The highest BCUT2D eigenvalue weighted by Gasteiger charge is 2.46. The molecule has 1 unspecified atom stereocenters. The van der Waals surface area contributed by atoms with Crippen molar-refractivity contribution in [3.63, 3.8) is 0 Å². The summed E-state index contributed by atoms with van der Waals surface area (Å²) in [7, 11) is 2.26. The van der Waals surface area contributed by atoms with Gasteiger partial charge in [0.05, 0.1) is 6.61 Å². The van der Waals surface area contributed by atoms with E-state index >= 15 is 0 Å². The van der Waals surface area contributed by atoms with Crippen LogP contribution in [0.2, 0.25) is 0 Å². The molecule has 1 saturated carbocycles. The van der Waals surface area contributed by atoms with E-state index in [0.717, 1.165) is 50.6 Å². The molecule has 1 atom stereocenters. The van der Waals surface area contributed by atoms with Gasteiger partial charge in [0.15, 0.2) is 0 Å². The number of likely N-dealkylation sites (N-methyl/N-ethyl adjacent to an activating group) is 1. The predicted octanol–water partition coefficient (Wildman–Crippen LogP) is 3.84. The number of aliphatic carboxylic acids is 2. The molecule has 1 aromatic heterocycles. The van der Waals surface area contributed by atoms with Gasteiger partial charge in [-0.3, -0.25) is 14.7 Å². The molecule has 3 fully saturated rings. The number of likely N-dealkylation sites (tertiary alicyclic amines) is 2. The lowest BCUT2D eigenvalue weighted by Gasteiger charge is -2.45. The molecule has 0 bridgehead atoms. The van der Waals surface area contributed by atoms with Crippen LogP contribution in [0.4, 0.5) is 26.3 Å². The van der Waals surface area contributed by atoms with E-state index in [-0.39, 0.29) is 11.4 Å². The van der Waals surface area contributed by atoms with Crippen molar-refractivity contribution in [3.05, 3.63) is 30.1 Å². The Morgan fingerprint density at radius 3 is 1.85 bits per heavy atom. The number of hydrogen-bond donors (Lipinski definition) is 2. The van der Waals surface area contributed by atoms with Gasteiger partial charge in [-0.15, -0.1) is 0 Å². The summed E-state index contributed by atoms with van der Waals surface area (Å²) in [5.74, 6) is -4.54. The third-order valence-corrected chi connectivity index (χ3v) is 6.99. The first-order chi connectivity index (χ1) is 18.1. The van der Waals surface area contributed by atoms with Gasteiger partial charge in [-0.2, -0.15) is 26.3 Å². The molecule has 3 heterocycles. The van der Waals surface area contributed by atoms with E-state index in [9.17, 15) is 31.1 Å². The Hall–Kier alpha value is -2.94. The molecular formula is C24H31F6N3O6. The van der Waals surface area contributed by atoms with Gasteiger partial charge >= 0.3 is 24.3 Å². The fourth-order valence-corrected chi connectivity index (χ4v) is 4.45. The fraction of sp³-hybridized carbons (Fsp3) is 0.667. The van der Waals surface area contributed by atoms with Crippen LogP contribution in [-0.2, 0) is 14.3 Å². The van der Waals surface area contributed by atoms with E-state index in [1.807, 2.05) is 17.0 Å². The maximum absolute atomic E-state index is 12.6. The van der Waals surface area contributed by atoms with Crippen molar-refractivity contribution in [1.29, 1.82) is 0 Å². The molecule has 2 N–H and O–H groups in total. The van der Waals surface area contributed by atoms with E-state index in [0.29, 0.717) is 6.04 Å². The molecule has 39 heavy (non-hydrogen) atoms. The zero-order valence-electron chi connectivity index (χ0n) is 21.2. The fourth-order valence-electron chi connectivity index (χ4n) is 4.45. The van der Waals surface area contributed by atoms with Crippen molar-refractivity contribution in [3.8, 4) is 0 Å². The number of nitrogens with zero attached hydrogens (tertiary/aromatic N) is 3. The highest BCUT2D eigenvalue weighted by atomic mass is 19.4. The number of rotatable bonds is 5. The first kappa shape index (κ1) is 32.3. The topological polar surface area (TPSA) is 120 Å². The minimum absolute atomic E-state index is 0.141. The molecule has 2 aliphatic heterocycles. The first-order valence-corrected chi connectivity index (χ1v) is 12.2. The SMILES string of the molecule is CN1C(COCC2CC2)CCC12CCN(C(=O)c1ccncc1)CC2.O=C(O)C(F)(F)F.O=C(O)C(F)(F)F. The molecule has 2 saturated heterocycles. The highest BCUT2D eigenvalue weighted by Crippen LogP contribution is 2.41. The molecular weight excluding hydrogens is 540 g/mol. The van der Waals surface area contributed by atoms with Crippen molar-refractivity contribution in [1.82, 2.24) is 14.8 Å². The number of hydrogen-bond acceptors (Lipinski definition) is 6. The van der Waals surface area contributed by atoms with Gasteiger partial charge in [-0.1, -0.05) is 0 Å². The third kappa shape index (κ3) is 9.95. The number of aromatic nitrogens is 1. The number of carbonyl (C=O) groups excluding carboxylic acids is 1. The summed E-state index contributed by atoms with van der Waals surface area (Å²) in [5.41, 5.74) is 1.01. The summed E-state index contributed by atoms with van der Waals surface area (Å²) in [6.07, 6.45) is 0.513. The van der Waals surface area contributed by atoms with Crippen molar-refractivity contribution >= 4 is 17.8 Å². The van der Waals surface area contributed by atoms with Crippen LogP contribution in [0.15, 0.2) is 24.5 Å². The summed E-state index contributed by atoms with van der Waals surface area (Å²) >= 11 is 0. The van der Waals surface area contributed by atoms with E-state index in [2.05, 4.69) is 16.9 Å². The molecule has 0 radical (unpaired) electrons. The summed E-state index contributed by atoms with van der Waals surface area (Å²) in [6.45, 7) is 3.52. The van der Waals surface area contributed by atoms with Crippen LogP contribution < -0.4 is 0 Å². The highest BCUT2D eigenvalue weighted by molar-refractivity contribution is 5.94. The lowest BCUT2D eigenvalue weighted by molar-refractivity contribution is -0.193. The van der Waals surface area contributed by atoms with E-state index in [4.69, 9.17) is 24.5 Å². The summed E-state index contributed by atoms with van der Waals surface area (Å²) in [4.78, 5) is 39.0. The number of halogens is 6. The van der Waals surface area contributed by atoms with Crippen LogP contribution in [0.25, 0.3) is 0 Å². The zero-order chi connectivity index (χ0) is 29.4. The van der Waals surface area contributed by atoms with Gasteiger partial charge in [0, 0.05) is 49.2 Å². The largest absolute Gasteiger partial charge is 0.490 e. The summed E-state index contributed by atoms with van der Waals surface area (Å²) in [5, 5.41) is 14.2. The van der Waals surface area contributed by atoms with E-state index < -0.39 is 24.3 Å². The van der Waals surface area contributed by atoms with Crippen LogP contribution >= 0.6 is 0 Å². The van der Waals surface area contributed by atoms with Gasteiger partial charge in [0.1, 0.15) is 0 Å². The Bertz CT molecular complexity index is 939. The molecule has 0 aromatic carbocycles. The Labute approximate surface area is 220 Å². The van der Waals surface area contributed by atoms with Crippen molar-refractivity contribution in [2.45, 2.75) is 62.5 Å². The number of carbonyl (C=O) groups is 3. The number of amides is 1. The molecule has 4 rings (SSSR count). The van der Waals surface area contributed by atoms with Gasteiger partial charge in [0.25, 0.3) is 5.91 Å². The maximum Gasteiger partial charge on any atom is 0.490 e. The number of ether oxygens (including phenoxy) is 1. The number of piperidine rings is 1. The second-order valence-corrected chi connectivity index (χ2v) is 9.64. The number of carboxylic acid groups (broad SMARTS) is 2. The average Bonchev–Trinajstić information content (AvgIpc) is 3.65. The lowest BCUT2D eigenvalue weighted by Crippen LogP contribution is -2.54. The molecule has 1 aromatic rings. The predicted molar refractivity (Wildman–Crippen MR) is 124 cm³/mol. The molecule has 9 nitrogen and oxygen atoms in total. The normalized spacial score (nSPS) is 20.9. The van der Waals surface area contributed by atoms with Crippen LogP contribution in [0.5, 0.6) is 0 Å². The minimum Gasteiger partial charge on any atom is -0.475 e. The van der Waals surface area contributed by atoms with E-state index in [1.165, 1.54) is 25.7 Å². The number of pyridine rings is 1. The molecule has 220 valence electrons. The second-order valence-electron chi connectivity index (χ2n) is 9.64. The van der Waals surface area contributed by atoms with Crippen LogP contribution in [-0.4, -0.2) is 100 Å². The Morgan fingerprint density at radius 1 is 0.923 bits per heavy atom. The van der Waals surface area contributed by atoms with Crippen LogP contribution in [0, 0.1) is 5.92 Å². The monoisotopic (exact) mass is 571 g/mol. The molecule has 1 amide bonds. The Morgan fingerprint density at radius 2 is 1.41 bits per heavy atom. The maximum atomic E-state index is 12.6. The summed E-state index contributed by atoms with van der Waals surface area (Å²) < 4.78 is 69.4. The standard InChI is InChI=1S/C20H29N3O2.2C2HF3O2/c1-22-18(15-25-14-16-2-3-16)4-7-20(22)8-12-23(13-9-20)19(24)17-5-10-21-11-6-17;2*3-2(4,5)1(6)7/h5-6,10-11,16,18H,2-4,7-9,12-15H2,1H3;2*(H,6,7). The molecule has 3 aliphatic rings. The van der Waals surface area contributed by atoms with Crippen molar-refractivity contribution in [2.24, 2.45) is 5.92 Å². The quantitative estimate of drug-likeness (QED) is 0.512. The zero-order valence-corrected chi connectivity index (χ0v) is 21.2. The van der Waals surface area contributed by atoms with Gasteiger partial charge in [0.2, 0.25) is 0 Å². The Kier molecular flexibility index (Phi) is 11.1. The van der Waals surface area contributed by atoms with Crippen molar-refractivity contribution in [2.75, 3.05) is 33.4 Å². The summed E-state index contributed by atoms with van der Waals surface area (Å²) in [6, 6.07) is 4.16. The van der Waals surface area contributed by atoms with E-state index in [1.54, 1.807) is 12.4 Å². The van der Waals surface area contributed by atoms with Crippen molar-refractivity contribution < 1.29 is 55.7 Å². The molecule has 1 spiro atoms. The number of alkyl halides is 6. The van der Waals surface area contributed by atoms with Gasteiger partial charge < -0.3 is 19.8 Å². The molecule has 15 heteroatoms. The third-order valence-electron chi connectivity index (χ3n) is 6.99. The first-order valence-electron chi connectivity index (χ1n) is 12.2.